The van der Waals surface area contributed by atoms with E-state index >= 15 is 0 Å². The molecule has 0 radical (unpaired) electrons. The summed E-state index contributed by atoms with van der Waals surface area (Å²) in [6.45, 7) is 1.38. The van der Waals surface area contributed by atoms with Crippen LogP contribution in [0, 0.1) is 0 Å². The number of carbonyl (C=O) groups is 2. The number of aryl methyl sites for hydroxylation is 1. The first-order valence-corrected chi connectivity index (χ1v) is 6.99. The Morgan fingerprint density at radius 2 is 2.19 bits per heavy atom. The zero-order valence-electron chi connectivity index (χ0n) is 11.7. The van der Waals surface area contributed by atoms with Crippen molar-refractivity contribution in [2.75, 3.05) is 13.1 Å². The molecule has 0 aromatic carbocycles. The number of aliphatic carboxylic acids is 1. The van der Waals surface area contributed by atoms with Gasteiger partial charge in [0.05, 0.1) is 12.4 Å². The first kappa shape index (κ1) is 15.3. The highest BCUT2D eigenvalue weighted by molar-refractivity contribution is 5.83. The Labute approximate surface area is 122 Å². The molecular formula is C13H20N4O4. The van der Waals surface area contributed by atoms with Crippen LogP contribution in [-0.2, 0) is 11.3 Å². The number of carboxylic acids is 1. The molecule has 8 heteroatoms. The molecule has 116 valence electrons. The zero-order chi connectivity index (χ0) is 15.2. The van der Waals surface area contributed by atoms with Crippen LogP contribution < -0.4 is 5.32 Å². The third-order valence-electron chi connectivity index (χ3n) is 3.50. The minimum Gasteiger partial charge on any atom is -0.480 e. The van der Waals surface area contributed by atoms with Gasteiger partial charge in [0.1, 0.15) is 6.04 Å². The predicted octanol–water partition coefficient (Wildman–Crippen LogP) is -0.107. The lowest BCUT2D eigenvalue weighted by Crippen LogP contribution is -2.46. The Balaban J connectivity index is 1.68. The van der Waals surface area contributed by atoms with Gasteiger partial charge in [-0.3, -0.25) is 0 Å². The van der Waals surface area contributed by atoms with Gasteiger partial charge in [-0.15, -0.1) is 0 Å². The van der Waals surface area contributed by atoms with E-state index in [9.17, 15) is 14.7 Å². The molecule has 0 bridgehead atoms. The smallest absolute Gasteiger partial charge is 0.326 e. The molecule has 1 aromatic rings. The number of unbranched alkanes of at least 4 members (excludes halogenated alkanes) is 1. The van der Waals surface area contributed by atoms with E-state index in [-0.39, 0.29) is 13.0 Å². The van der Waals surface area contributed by atoms with E-state index in [2.05, 4.69) is 10.3 Å². The number of aliphatic hydroxyl groups is 1. The van der Waals surface area contributed by atoms with E-state index in [1.54, 1.807) is 12.5 Å². The molecule has 0 aliphatic carbocycles. The number of nitrogens with zero attached hydrogens (tertiary/aromatic N) is 3. The number of β-amino-alcohol motifs (C(OH)–C–C–N with tert-alkyl or cyclic N) is 1. The van der Waals surface area contributed by atoms with Crippen LogP contribution in [0.1, 0.15) is 19.3 Å². The van der Waals surface area contributed by atoms with E-state index < -0.39 is 24.1 Å². The van der Waals surface area contributed by atoms with Crippen molar-refractivity contribution in [1.82, 2.24) is 19.8 Å². The second-order valence-corrected chi connectivity index (χ2v) is 5.14. The van der Waals surface area contributed by atoms with Crippen molar-refractivity contribution >= 4 is 12.0 Å². The summed E-state index contributed by atoms with van der Waals surface area (Å²) in [4.78, 5) is 28.1. The van der Waals surface area contributed by atoms with Crippen molar-refractivity contribution in [2.45, 2.75) is 38.0 Å². The van der Waals surface area contributed by atoms with Crippen LogP contribution in [-0.4, -0.2) is 61.9 Å². The summed E-state index contributed by atoms with van der Waals surface area (Å²) >= 11 is 0. The Morgan fingerprint density at radius 1 is 1.38 bits per heavy atom. The van der Waals surface area contributed by atoms with Crippen LogP contribution in [0.4, 0.5) is 4.79 Å². The summed E-state index contributed by atoms with van der Waals surface area (Å²) in [6, 6.07) is -1.37. The lowest BCUT2D eigenvalue weighted by Gasteiger charge is -2.21. The third-order valence-corrected chi connectivity index (χ3v) is 3.50. The number of imidazole rings is 1. The quantitative estimate of drug-likeness (QED) is 0.635. The Morgan fingerprint density at radius 3 is 2.86 bits per heavy atom. The van der Waals surface area contributed by atoms with E-state index in [0.717, 1.165) is 19.4 Å². The summed E-state index contributed by atoms with van der Waals surface area (Å²) < 4.78 is 1.96. The summed E-state index contributed by atoms with van der Waals surface area (Å²) in [5, 5.41) is 21.2. The number of hydrogen-bond donors (Lipinski definition) is 3. The van der Waals surface area contributed by atoms with Gasteiger partial charge in [-0.1, -0.05) is 0 Å². The number of carbonyl (C=O) groups excluding carboxylic acids is 1. The number of nitrogens with one attached hydrogen (secondary N) is 1. The van der Waals surface area contributed by atoms with Crippen LogP contribution in [0.3, 0.4) is 0 Å². The van der Waals surface area contributed by atoms with E-state index in [0.29, 0.717) is 6.54 Å². The first-order valence-electron chi connectivity index (χ1n) is 6.99. The van der Waals surface area contributed by atoms with Gasteiger partial charge in [0.25, 0.3) is 0 Å². The van der Waals surface area contributed by atoms with Gasteiger partial charge in [0, 0.05) is 38.4 Å². The van der Waals surface area contributed by atoms with Gasteiger partial charge in [0.2, 0.25) is 0 Å². The fourth-order valence-electron chi connectivity index (χ4n) is 2.41. The number of aromatic nitrogens is 2. The van der Waals surface area contributed by atoms with Crippen molar-refractivity contribution in [2.24, 2.45) is 0 Å². The van der Waals surface area contributed by atoms with Gasteiger partial charge in [-0.2, -0.15) is 0 Å². The molecule has 1 aliphatic rings. The van der Waals surface area contributed by atoms with Crippen LogP contribution >= 0.6 is 0 Å². The minimum absolute atomic E-state index is 0.0673. The Bertz CT molecular complexity index is 477. The molecule has 3 N–H and O–H groups in total. The normalized spacial score (nSPS) is 21.5. The van der Waals surface area contributed by atoms with Gasteiger partial charge >= 0.3 is 12.0 Å². The maximum atomic E-state index is 11.9. The molecule has 1 fully saturated rings. The molecule has 8 nitrogen and oxygen atoms in total. The number of carboxylic acid groups (broad SMARTS) is 1. The fourth-order valence-corrected chi connectivity index (χ4v) is 2.41. The van der Waals surface area contributed by atoms with Crippen LogP contribution in [0.2, 0.25) is 0 Å². The summed E-state index contributed by atoms with van der Waals surface area (Å²) in [6.07, 6.45) is 6.33. The molecule has 1 aromatic heterocycles. The highest BCUT2D eigenvalue weighted by Gasteiger charge is 2.38. The molecule has 2 unspecified atom stereocenters. The van der Waals surface area contributed by atoms with Gasteiger partial charge in [-0.05, 0) is 12.8 Å². The summed E-state index contributed by atoms with van der Waals surface area (Å²) in [7, 11) is 0. The van der Waals surface area contributed by atoms with Crippen molar-refractivity contribution in [3.05, 3.63) is 18.7 Å². The SMILES string of the molecule is O=C(O)C1CC(O)CN1C(=O)NCCCCn1ccnc1. The van der Waals surface area contributed by atoms with Crippen molar-refractivity contribution in [3.8, 4) is 0 Å². The minimum atomic E-state index is -1.08. The standard InChI is InChI=1S/C13H20N4O4/c18-10-7-11(12(19)20)17(8-10)13(21)15-3-1-2-5-16-6-4-14-9-16/h4,6,9-11,18H,1-3,5,7-8H2,(H,15,21)(H,19,20). The number of hydrogen-bond acceptors (Lipinski definition) is 4. The zero-order valence-corrected chi connectivity index (χ0v) is 11.7. The van der Waals surface area contributed by atoms with Crippen molar-refractivity contribution < 1.29 is 19.8 Å². The highest BCUT2D eigenvalue weighted by Crippen LogP contribution is 2.18. The summed E-state index contributed by atoms with van der Waals surface area (Å²) in [5.41, 5.74) is 0. The highest BCUT2D eigenvalue weighted by atomic mass is 16.4. The first-order chi connectivity index (χ1) is 10.1. The second kappa shape index (κ2) is 7.07. The molecule has 0 saturated carbocycles. The predicted molar refractivity (Wildman–Crippen MR) is 73.6 cm³/mol. The Kier molecular flexibility index (Phi) is 5.15. The Hall–Kier alpha value is -2.09. The third kappa shape index (κ3) is 4.19. The average Bonchev–Trinajstić information content (AvgIpc) is 3.07. The number of urea groups is 1. The van der Waals surface area contributed by atoms with E-state index in [1.807, 2.05) is 10.8 Å². The monoisotopic (exact) mass is 296 g/mol. The second-order valence-electron chi connectivity index (χ2n) is 5.14. The molecule has 21 heavy (non-hydrogen) atoms. The van der Waals surface area contributed by atoms with Crippen LogP contribution in [0.15, 0.2) is 18.7 Å². The number of rotatable bonds is 6. The number of likely N-dealkylation sites (tertiary alicyclic amines) is 1. The molecule has 2 rings (SSSR count). The number of amides is 2. The lowest BCUT2D eigenvalue weighted by molar-refractivity contribution is -0.141. The average molecular weight is 296 g/mol. The fraction of sp³-hybridized carbons (Fsp3) is 0.615. The maximum Gasteiger partial charge on any atom is 0.326 e. The van der Waals surface area contributed by atoms with Crippen molar-refractivity contribution in [3.63, 3.8) is 0 Å². The molecule has 1 aliphatic heterocycles. The van der Waals surface area contributed by atoms with Crippen LogP contribution in [0.5, 0.6) is 0 Å². The lowest BCUT2D eigenvalue weighted by atomic mass is 10.2. The molecule has 2 amide bonds. The largest absolute Gasteiger partial charge is 0.480 e. The summed E-state index contributed by atoms with van der Waals surface area (Å²) in [5.74, 6) is -1.08. The molecule has 0 spiro atoms. The topological polar surface area (TPSA) is 108 Å². The van der Waals surface area contributed by atoms with Crippen LogP contribution in [0.25, 0.3) is 0 Å². The van der Waals surface area contributed by atoms with Crippen molar-refractivity contribution in [1.29, 1.82) is 0 Å². The van der Waals surface area contributed by atoms with E-state index in [1.165, 1.54) is 4.90 Å². The molecule has 2 heterocycles. The molecule has 2 atom stereocenters. The number of aliphatic hydroxyl groups excluding tert-OH is 1. The van der Waals surface area contributed by atoms with Gasteiger partial charge < -0.3 is 25.0 Å². The van der Waals surface area contributed by atoms with Gasteiger partial charge in [-0.25, -0.2) is 14.6 Å². The molecule has 1 saturated heterocycles. The maximum absolute atomic E-state index is 11.9. The van der Waals surface area contributed by atoms with Gasteiger partial charge in [0.15, 0.2) is 0 Å². The molecular weight excluding hydrogens is 276 g/mol. The van der Waals surface area contributed by atoms with E-state index in [4.69, 9.17) is 5.11 Å².